The van der Waals surface area contributed by atoms with Crippen LogP contribution in [0.25, 0.3) is 11.8 Å². The van der Waals surface area contributed by atoms with Crippen molar-refractivity contribution in [3.63, 3.8) is 0 Å². The third-order valence-corrected chi connectivity index (χ3v) is 3.15. The van der Waals surface area contributed by atoms with Gasteiger partial charge in [-0.3, -0.25) is 0 Å². The predicted molar refractivity (Wildman–Crippen MR) is 92.3 cm³/mol. The SMILES string of the molecule is Cn1nnnc1NO/C(=C\c1ccccc1)c1cccc(OC(N)=O)n1. The Morgan fingerprint density at radius 1 is 1.19 bits per heavy atom. The van der Waals surface area contributed by atoms with E-state index in [0.29, 0.717) is 17.4 Å². The molecule has 0 radical (unpaired) electrons. The van der Waals surface area contributed by atoms with Crippen molar-refractivity contribution in [1.82, 2.24) is 25.2 Å². The summed E-state index contributed by atoms with van der Waals surface area (Å²) < 4.78 is 6.22. The number of carbonyl (C=O) groups excluding carboxylic acids is 1. The average Bonchev–Trinajstić information content (AvgIpc) is 3.04. The van der Waals surface area contributed by atoms with E-state index in [1.165, 1.54) is 10.7 Å². The van der Waals surface area contributed by atoms with Gasteiger partial charge in [-0.25, -0.2) is 14.5 Å². The summed E-state index contributed by atoms with van der Waals surface area (Å²) in [4.78, 5) is 20.8. The maximum atomic E-state index is 10.9. The van der Waals surface area contributed by atoms with Gasteiger partial charge in [0, 0.05) is 13.1 Å². The lowest BCUT2D eigenvalue weighted by Crippen LogP contribution is -2.17. The standard InChI is InChI=1S/C16H15N7O3/c1-23-16(19-21-22-23)20-26-13(10-11-6-3-2-4-7-11)12-8-5-9-14(18-12)25-15(17)24/h2-10H,1H3,(H2,17,24)(H,19,20,22)/b13-10-. The number of primary amides is 1. The maximum absolute atomic E-state index is 10.9. The first-order valence-corrected chi connectivity index (χ1v) is 7.48. The Balaban J connectivity index is 1.91. The number of amides is 1. The first kappa shape index (κ1) is 16.9. The Kier molecular flexibility index (Phi) is 5.03. The molecule has 0 saturated carbocycles. The minimum Gasteiger partial charge on any atom is -0.391 e. The minimum atomic E-state index is -0.951. The Morgan fingerprint density at radius 2 is 2.00 bits per heavy atom. The van der Waals surface area contributed by atoms with Crippen molar-refractivity contribution in [1.29, 1.82) is 0 Å². The molecule has 0 aliphatic rings. The summed E-state index contributed by atoms with van der Waals surface area (Å²) in [6, 6.07) is 14.3. The molecule has 0 bridgehead atoms. The van der Waals surface area contributed by atoms with E-state index in [-0.39, 0.29) is 5.88 Å². The van der Waals surface area contributed by atoms with E-state index in [4.69, 9.17) is 15.3 Å². The molecular formula is C16H15N7O3. The van der Waals surface area contributed by atoms with Crippen LogP contribution in [0.15, 0.2) is 48.5 Å². The second kappa shape index (κ2) is 7.75. The van der Waals surface area contributed by atoms with Crippen LogP contribution in [0.1, 0.15) is 11.3 Å². The van der Waals surface area contributed by atoms with E-state index in [0.717, 1.165) is 5.56 Å². The monoisotopic (exact) mass is 353 g/mol. The molecule has 10 heteroatoms. The number of anilines is 1. The number of nitrogens with one attached hydrogen (secondary N) is 1. The lowest BCUT2D eigenvalue weighted by atomic mass is 10.2. The normalized spacial score (nSPS) is 11.0. The van der Waals surface area contributed by atoms with E-state index < -0.39 is 6.09 Å². The summed E-state index contributed by atoms with van der Waals surface area (Å²) in [5, 5.41) is 11.0. The van der Waals surface area contributed by atoms with E-state index >= 15 is 0 Å². The lowest BCUT2D eigenvalue weighted by Gasteiger charge is -2.11. The molecule has 0 spiro atoms. The maximum Gasteiger partial charge on any atom is 0.411 e. The van der Waals surface area contributed by atoms with E-state index in [2.05, 4.69) is 26.0 Å². The van der Waals surface area contributed by atoms with Gasteiger partial charge in [0.1, 0.15) is 5.69 Å². The van der Waals surface area contributed by atoms with Crippen molar-refractivity contribution in [3.8, 4) is 5.88 Å². The number of benzene rings is 1. The van der Waals surface area contributed by atoms with Crippen LogP contribution in [0.3, 0.4) is 0 Å². The van der Waals surface area contributed by atoms with Gasteiger partial charge < -0.3 is 15.3 Å². The number of aromatic nitrogens is 5. The first-order valence-electron chi connectivity index (χ1n) is 7.48. The van der Waals surface area contributed by atoms with E-state index in [1.54, 1.807) is 25.3 Å². The van der Waals surface area contributed by atoms with Crippen molar-refractivity contribution >= 4 is 23.9 Å². The molecule has 0 fully saturated rings. The molecule has 2 aromatic heterocycles. The molecule has 0 aliphatic heterocycles. The summed E-state index contributed by atoms with van der Waals surface area (Å²) in [5.41, 5.74) is 8.98. The van der Waals surface area contributed by atoms with Crippen LogP contribution in [-0.2, 0) is 11.9 Å². The molecule has 0 unspecified atom stereocenters. The zero-order valence-electron chi connectivity index (χ0n) is 13.7. The van der Waals surface area contributed by atoms with Gasteiger partial charge in [-0.1, -0.05) is 41.5 Å². The van der Waals surface area contributed by atoms with E-state index in [9.17, 15) is 4.79 Å². The molecule has 3 aromatic rings. The molecule has 1 aromatic carbocycles. The smallest absolute Gasteiger partial charge is 0.391 e. The number of tetrazole rings is 1. The third kappa shape index (κ3) is 4.32. The summed E-state index contributed by atoms with van der Waals surface area (Å²) in [6.45, 7) is 0. The van der Waals surface area contributed by atoms with Crippen LogP contribution in [0.5, 0.6) is 5.88 Å². The van der Waals surface area contributed by atoms with Gasteiger partial charge in [0.15, 0.2) is 5.76 Å². The van der Waals surface area contributed by atoms with Gasteiger partial charge >= 0.3 is 6.09 Å². The number of nitrogens with two attached hydrogens (primary N) is 1. The van der Waals surface area contributed by atoms with Crippen molar-refractivity contribution < 1.29 is 14.4 Å². The second-order valence-corrected chi connectivity index (χ2v) is 5.03. The Bertz CT molecular complexity index is 924. The fourth-order valence-electron chi connectivity index (χ4n) is 1.98. The number of hydrogen-bond donors (Lipinski definition) is 2. The van der Waals surface area contributed by atoms with Crippen molar-refractivity contribution in [3.05, 3.63) is 59.8 Å². The summed E-state index contributed by atoms with van der Waals surface area (Å²) in [6.07, 6.45) is 0.806. The molecule has 0 atom stereocenters. The molecule has 0 saturated heterocycles. The highest BCUT2D eigenvalue weighted by Crippen LogP contribution is 2.20. The number of nitrogens with zero attached hydrogens (tertiary/aromatic N) is 5. The van der Waals surface area contributed by atoms with Gasteiger partial charge in [0.25, 0.3) is 5.95 Å². The number of ether oxygens (including phenoxy) is 1. The summed E-state index contributed by atoms with van der Waals surface area (Å²) in [7, 11) is 1.66. The highest BCUT2D eigenvalue weighted by Gasteiger charge is 2.11. The molecular weight excluding hydrogens is 338 g/mol. The second-order valence-electron chi connectivity index (χ2n) is 5.03. The summed E-state index contributed by atoms with van der Waals surface area (Å²) >= 11 is 0. The first-order chi connectivity index (χ1) is 12.6. The number of carbonyl (C=O) groups is 1. The number of rotatable bonds is 6. The fourth-order valence-corrected chi connectivity index (χ4v) is 1.98. The number of aryl methyl sites for hydroxylation is 1. The topological polar surface area (TPSA) is 130 Å². The highest BCUT2D eigenvalue weighted by molar-refractivity contribution is 5.76. The van der Waals surface area contributed by atoms with Gasteiger partial charge in [0.2, 0.25) is 5.88 Å². The van der Waals surface area contributed by atoms with Crippen LogP contribution in [0.2, 0.25) is 0 Å². The van der Waals surface area contributed by atoms with Crippen LogP contribution >= 0.6 is 0 Å². The average molecular weight is 353 g/mol. The fraction of sp³-hybridized carbons (Fsp3) is 0.0625. The van der Waals surface area contributed by atoms with Gasteiger partial charge in [0.05, 0.1) is 0 Å². The van der Waals surface area contributed by atoms with Crippen LogP contribution in [-0.4, -0.2) is 31.3 Å². The Hall–Kier alpha value is -3.95. The quantitative estimate of drug-likeness (QED) is 0.505. The van der Waals surface area contributed by atoms with Crippen molar-refractivity contribution in [2.75, 3.05) is 5.48 Å². The van der Waals surface area contributed by atoms with Gasteiger partial charge in [-0.2, -0.15) is 5.48 Å². The minimum absolute atomic E-state index is 0.0536. The largest absolute Gasteiger partial charge is 0.411 e. The molecule has 132 valence electrons. The number of hydrogen-bond acceptors (Lipinski definition) is 8. The predicted octanol–water partition coefficient (Wildman–Crippen LogP) is 1.60. The zero-order valence-corrected chi connectivity index (χ0v) is 13.7. The Morgan fingerprint density at radius 3 is 2.69 bits per heavy atom. The Labute approximate surface area is 148 Å². The van der Waals surface area contributed by atoms with Gasteiger partial charge in [-0.15, -0.1) is 0 Å². The van der Waals surface area contributed by atoms with Crippen LogP contribution < -0.4 is 16.0 Å². The lowest BCUT2D eigenvalue weighted by molar-refractivity contribution is 0.209. The van der Waals surface area contributed by atoms with Crippen molar-refractivity contribution in [2.45, 2.75) is 0 Å². The molecule has 1 amide bonds. The molecule has 3 N–H and O–H groups in total. The molecule has 3 rings (SSSR count). The van der Waals surface area contributed by atoms with Crippen molar-refractivity contribution in [2.24, 2.45) is 12.8 Å². The molecule has 2 heterocycles. The summed E-state index contributed by atoms with van der Waals surface area (Å²) in [5.74, 6) is 0.709. The highest BCUT2D eigenvalue weighted by atomic mass is 16.7. The van der Waals surface area contributed by atoms with E-state index in [1.807, 2.05) is 30.3 Å². The molecule has 26 heavy (non-hydrogen) atoms. The zero-order chi connectivity index (χ0) is 18.4. The number of pyridine rings is 1. The van der Waals surface area contributed by atoms with Crippen LogP contribution in [0.4, 0.5) is 10.7 Å². The van der Waals surface area contributed by atoms with Gasteiger partial charge in [-0.05, 0) is 28.1 Å². The molecule has 0 aliphatic carbocycles. The van der Waals surface area contributed by atoms with Crippen LogP contribution in [0, 0.1) is 0 Å². The molecule has 10 nitrogen and oxygen atoms in total. The third-order valence-electron chi connectivity index (χ3n) is 3.15.